The fraction of sp³-hybridized carbons (Fsp3) is 0.923. The summed E-state index contributed by atoms with van der Waals surface area (Å²) in [6.07, 6.45) is 16.9. The maximum absolute atomic E-state index is 12.3. The second-order valence-electron chi connectivity index (χ2n) is 10.0. The quantitative estimate of drug-likeness (QED) is 0.117. The average molecular weight is 443 g/mol. The van der Waals surface area contributed by atoms with Gasteiger partial charge < -0.3 is 14.0 Å². The molecule has 0 fully saturated rings. The Morgan fingerprint density at radius 1 is 0.677 bits per heavy atom. The van der Waals surface area contributed by atoms with E-state index in [1.807, 2.05) is 21.1 Å². The zero-order chi connectivity index (χ0) is 23.4. The maximum Gasteiger partial charge on any atom is 0.309 e. The van der Waals surface area contributed by atoms with Gasteiger partial charge in [0.2, 0.25) is 0 Å². The van der Waals surface area contributed by atoms with Crippen LogP contribution in [0.15, 0.2) is 0 Å². The van der Waals surface area contributed by atoms with Gasteiger partial charge in [-0.05, 0) is 12.8 Å². The van der Waals surface area contributed by atoms with Gasteiger partial charge in [-0.2, -0.15) is 0 Å². The predicted octanol–water partition coefficient (Wildman–Crippen LogP) is 6.43. The fourth-order valence-corrected chi connectivity index (χ4v) is 3.72. The van der Waals surface area contributed by atoms with Crippen LogP contribution in [-0.2, 0) is 19.1 Å². The van der Waals surface area contributed by atoms with E-state index in [2.05, 4.69) is 13.8 Å². The second kappa shape index (κ2) is 19.6. The van der Waals surface area contributed by atoms with Crippen molar-refractivity contribution in [1.82, 2.24) is 0 Å². The van der Waals surface area contributed by atoms with Crippen LogP contribution in [-0.4, -0.2) is 56.8 Å². The van der Waals surface area contributed by atoms with Gasteiger partial charge in [-0.25, -0.2) is 0 Å². The molecule has 0 aromatic carbocycles. The van der Waals surface area contributed by atoms with Crippen LogP contribution in [0.2, 0.25) is 0 Å². The molecule has 0 spiro atoms. The van der Waals surface area contributed by atoms with Crippen LogP contribution in [0.1, 0.15) is 117 Å². The van der Waals surface area contributed by atoms with Gasteiger partial charge in [0.25, 0.3) is 0 Å². The molecular weight excluding hydrogens is 390 g/mol. The molecule has 0 aliphatic carbocycles. The van der Waals surface area contributed by atoms with Gasteiger partial charge in [0.15, 0.2) is 6.10 Å². The molecule has 1 atom stereocenters. The number of unbranched alkanes of at least 4 members (excludes halogenated alkanes) is 12. The van der Waals surface area contributed by atoms with Crippen molar-refractivity contribution in [3.8, 4) is 0 Å². The van der Waals surface area contributed by atoms with Gasteiger partial charge in [0.1, 0.15) is 6.54 Å². The minimum Gasteiger partial charge on any atom is -0.466 e. The van der Waals surface area contributed by atoms with Crippen LogP contribution in [0, 0.1) is 0 Å². The molecule has 0 aliphatic rings. The maximum atomic E-state index is 12.3. The summed E-state index contributed by atoms with van der Waals surface area (Å²) in [7, 11) is 6.12. The van der Waals surface area contributed by atoms with Gasteiger partial charge >= 0.3 is 11.9 Å². The molecule has 5 nitrogen and oxygen atoms in total. The summed E-state index contributed by atoms with van der Waals surface area (Å²) in [5.74, 6) is -0.454. The molecular formula is C26H52NO4+. The molecule has 0 unspecified atom stereocenters. The number of carbonyl (C=O) groups is 2. The van der Waals surface area contributed by atoms with E-state index in [9.17, 15) is 9.59 Å². The minimum atomic E-state index is -0.418. The lowest BCUT2D eigenvalue weighted by molar-refractivity contribution is -0.873. The molecule has 0 saturated carbocycles. The van der Waals surface area contributed by atoms with Crippen LogP contribution < -0.4 is 0 Å². The Labute approximate surface area is 192 Å². The number of hydrogen-bond donors (Lipinski definition) is 0. The lowest BCUT2D eigenvalue weighted by Crippen LogP contribution is -2.44. The van der Waals surface area contributed by atoms with Gasteiger partial charge in [-0.15, -0.1) is 0 Å². The van der Waals surface area contributed by atoms with E-state index in [1.165, 1.54) is 51.4 Å². The molecule has 0 aliphatic heterocycles. The number of carbonyl (C=O) groups excluding carboxylic acids is 2. The summed E-state index contributed by atoms with van der Waals surface area (Å²) in [5, 5.41) is 0. The number of rotatable bonds is 21. The predicted molar refractivity (Wildman–Crippen MR) is 129 cm³/mol. The van der Waals surface area contributed by atoms with Crippen molar-refractivity contribution in [3.05, 3.63) is 0 Å². The van der Waals surface area contributed by atoms with E-state index in [-0.39, 0.29) is 18.4 Å². The molecule has 0 saturated heterocycles. The topological polar surface area (TPSA) is 52.6 Å². The van der Waals surface area contributed by atoms with Crippen molar-refractivity contribution in [2.75, 3.05) is 34.3 Å². The van der Waals surface area contributed by atoms with Gasteiger partial charge in [-0.3, -0.25) is 9.59 Å². The zero-order valence-corrected chi connectivity index (χ0v) is 21.4. The normalized spacial score (nSPS) is 12.5. The molecule has 184 valence electrons. The first-order chi connectivity index (χ1) is 14.8. The highest BCUT2D eigenvalue weighted by atomic mass is 16.6. The van der Waals surface area contributed by atoms with E-state index in [4.69, 9.17) is 9.47 Å². The third-order valence-electron chi connectivity index (χ3n) is 5.44. The molecule has 0 aromatic rings. The number of likely N-dealkylation sites (N-methyl/N-ethyl adjacent to an activating group) is 1. The highest BCUT2D eigenvalue weighted by Gasteiger charge is 2.25. The lowest BCUT2D eigenvalue weighted by Gasteiger charge is -2.28. The molecule has 0 aromatic heterocycles. The van der Waals surface area contributed by atoms with Gasteiger partial charge in [0.05, 0.1) is 34.2 Å². The van der Waals surface area contributed by atoms with Crippen molar-refractivity contribution in [2.24, 2.45) is 0 Å². The summed E-state index contributed by atoms with van der Waals surface area (Å²) in [4.78, 5) is 24.4. The highest BCUT2D eigenvalue weighted by molar-refractivity contribution is 5.72. The summed E-state index contributed by atoms with van der Waals surface area (Å²) in [6.45, 7) is 5.47. The summed E-state index contributed by atoms with van der Waals surface area (Å²) < 4.78 is 11.7. The van der Waals surface area contributed by atoms with E-state index < -0.39 is 6.10 Å². The molecule has 0 bridgehead atoms. The second-order valence-corrected chi connectivity index (χ2v) is 10.0. The first kappa shape index (κ1) is 29.9. The van der Waals surface area contributed by atoms with E-state index in [0.717, 1.165) is 38.5 Å². The Balaban J connectivity index is 3.99. The monoisotopic (exact) mass is 442 g/mol. The highest BCUT2D eigenvalue weighted by Crippen LogP contribution is 2.12. The first-order valence-electron chi connectivity index (χ1n) is 12.9. The van der Waals surface area contributed by atoms with Crippen LogP contribution >= 0.6 is 0 Å². The van der Waals surface area contributed by atoms with Crippen molar-refractivity contribution in [2.45, 2.75) is 123 Å². The molecule has 0 amide bonds. The standard InChI is InChI=1S/C26H52NO4/c1-6-8-10-12-13-14-15-16-17-19-21-30-26(29)22-24(23-27(3,4)5)31-25(28)20-18-11-9-7-2/h24H,6-23H2,1-5H3/q+1/t24-/m1/s1. The third kappa shape index (κ3) is 21.9. The SMILES string of the molecule is CCCCCCCCCCCCOC(=O)C[C@H](C[N+](C)(C)C)OC(=O)CCCCCC. The Bertz CT molecular complexity index is 445. The van der Waals surface area contributed by atoms with E-state index in [1.54, 1.807) is 0 Å². The molecule has 0 radical (unpaired) electrons. The van der Waals surface area contributed by atoms with Crippen molar-refractivity contribution in [3.63, 3.8) is 0 Å². The van der Waals surface area contributed by atoms with E-state index >= 15 is 0 Å². The van der Waals surface area contributed by atoms with Crippen LogP contribution in [0.3, 0.4) is 0 Å². The number of hydrogen-bond acceptors (Lipinski definition) is 4. The number of nitrogens with zero attached hydrogens (tertiary/aromatic N) is 1. The zero-order valence-electron chi connectivity index (χ0n) is 21.4. The van der Waals surface area contributed by atoms with Crippen molar-refractivity contribution >= 4 is 11.9 Å². The Hall–Kier alpha value is -1.10. The molecule has 0 heterocycles. The third-order valence-corrected chi connectivity index (χ3v) is 5.44. The van der Waals surface area contributed by atoms with Crippen molar-refractivity contribution < 1.29 is 23.5 Å². The van der Waals surface area contributed by atoms with Crippen LogP contribution in [0.5, 0.6) is 0 Å². The summed E-state index contributed by atoms with van der Waals surface area (Å²) in [5.41, 5.74) is 0. The fourth-order valence-electron chi connectivity index (χ4n) is 3.72. The minimum absolute atomic E-state index is 0.147. The lowest BCUT2D eigenvalue weighted by atomic mass is 10.1. The van der Waals surface area contributed by atoms with E-state index in [0.29, 0.717) is 24.1 Å². The van der Waals surface area contributed by atoms with Crippen LogP contribution in [0.25, 0.3) is 0 Å². The molecule has 0 N–H and O–H groups in total. The summed E-state index contributed by atoms with van der Waals surface area (Å²) >= 11 is 0. The Kier molecular flexibility index (Phi) is 18.9. The van der Waals surface area contributed by atoms with Gasteiger partial charge in [-0.1, -0.05) is 90.9 Å². The largest absolute Gasteiger partial charge is 0.466 e. The molecule has 5 heteroatoms. The number of quaternary nitrogens is 1. The summed E-state index contributed by atoms with van der Waals surface area (Å²) in [6, 6.07) is 0. The number of ether oxygens (including phenoxy) is 2. The Morgan fingerprint density at radius 2 is 1.16 bits per heavy atom. The average Bonchev–Trinajstić information content (AvgIpc) is 2.68. The molecule has 31 heavy (non-hydrogen) atoms. The van der Waals surface area contributed by atoms with Gasteiger partial charge in [0, 0.05) is 6.42 Å². The number of esters is 2. The Morgan fingerprint density at radius 3 is 1.68 bits per heavy atom. The first-order valence-corrected chi connectivity index (χ1v) is 12.9. The molecule has 0 rings (SSSR count). The van der Waals surface area contributed by atoms with Crippen molar-refractivity contribution in [1.29, 1.82) is 0 Å². The van der Waals surface area contributed by atoms with Crippen LogP contribution in [0.4, 0.5) is 0 Å². The smallest absolute Gasteiger partial charge is 0.309 e.